The van der Waals surface area contributed by atoms with E-state index in [1.165, 1.54) is 6.07 Å². The molecule has 0 spiro atoms. The van der Waals surface area contributed by atoms with Gasteiger partial charge in [0.15, 0.2) is 0 Å². The first-order valence-electron chi connectivity index (χ1n) is 11.8. The zero-order valence-corrected chi connectivity index (χ0v) is 20.7. The van der Waals surface area contributed by atoms with E-state index in [1.807, 2.05) is 12.1 Å². The molecule has 1 saturated carbocycles. The molecule has 1 fully saturated rings. The van der Waals surface area contributed by atoms with Gasteiger partial charge in [-0.3, -0.25) is 4.90 Å². The third-order valence-electron chi connectivity index (χ3n) is 6.33. The van der Waals surface area contributed by atoms with E-state index in [2.05, 4.69) is 4.90 Å². The van der Waals surface area contributed by atoms with Crippen LogP contribution in [0, 0.1) is 0 Å². The number of halogens is 4. The maximum absolute atomic E-state index is 13.5. The summed E-state index contributed by atoms with van der Waals surface area (Å²) >= 11 is 0. The van der Waals surface area contributed by atoms with Crippen molar-refractivity contribution in [3.05, 3.63) is 70.3 Å². The lowest BCUT2D eigenvalue weighted by Crippen LogP contribution is -2.33. The van der Waals surface area contributed by atoms with Crippen LogP contribution in [-0.4, -0.2) is 48.3 Å². The lowest BCUT2D eigenvalue weighted by atomic mass is 10.0. The van der Waals surface area contributed by atoms with E-state index in [0.29, 0.717) is 55.3 Å². The first-order valence-corrected chi connectivity index (χ1v) is 11.8. The van der Waals surface area contributed by atoms with Crippen molar-refractivity contribution < 1.29 is 37.3 Å². The number of benzene rings is 2. The molecule has 0 bridgehead atoms. The molecular formula is C27H27ClF3NO5. The molecule has 2 heterocycles. The molecule has 37 heavy (non-hydrogen) atoms. The van der Waals surface area contributed by atoms with Crippen molar-refractivity contribution >= 4 is 24.5 Å². The Hall–Kier alpha value is -3.17. The average Bonchev–Trinajstić information content (AvgIpc) is 3.67. The fourth-order valence-electron chi connectivity index (χ4n) is 4.23. The SMILES string of the molecule is Cl.O=C(O)C1=CCN(CC2=Cc3ccc(OCc4ccc(OC5CC5)c(C(F)(F)F)c4)cc3OC2)CC1. The number of rotatable bonds is 8. The number of fused-ring (bicyclic) bond motifs is 1. The summed E-state index contributed by atoms with van der Waals surface area (Å²) < 4.78 is 57.6. The first kappa shape index (κ1) is 26.9. The van der Waals surface area contributed by atoms with Crippen LogP contribution in [0.15, 0.2) is 53.6 Å². The van der Waals surface area contributed by atoms with E-state index in [0.717, 1.165) is 30.0 Å². The summed E-state index contributed by atoms with van der Waals surface area (Å²) in [5, 5.41) is 9.09. The van der Waals surface area contributed by atoms with Gasteiger partial charge >= 0.3 is 12.1 Å². The summed E-state index contributed by atoms with van der Waals surface area (Å²) in [6.45, 7) is 2.33. The number of ether oxygens (including phenoxy) is 3. The molecule has 0 amide bonds. The number of alkyl halides is 3. The van der Waals surface area contributed by atoms with Gasteiger partial charge in [-0.15, -0.1) is 12.4 Å². The standard InChI is InChI=1S/C27H26F3NO5.ClH/c28-27(29,30)23-12-17(1-6-24(23)36-21-4-5-21)15-34-22-3-2-20-11-18(16-35-25(20)13-22)14-31-9-7-19(8-10-31)26(32)33;/h1-3,6-7,11-13,21H,4-5,8-10,14-16H2,(H,32,33);1H. The number of aliphatic carboxylic acids is 1. The van der Waals surface area contributed by atoms with Gasteiger partial charge in [0.1, 0.15) is 30.5 Å². The molecule has 2 aromatic rings. The molecule has 6 nitrogen and oxygen atoms in total. The second kappa shape index (κ2) is 11.1. The van der Waals surface area contributed by atoms with Crippen LogP contribution in [-0.2, 0) is 17.6 Å². The zero-order valence-electron chi connectivity index (χ0n) is 19.9. The number of nitrogens with zero attached hydrogens (tertiary/aromatic N) is 1. The average molecular weight is 538 g/mol. The quantitative estimate of drug-likeness (QED) is 0.463. The fourth-order valence-corrected chi connectivity index (χ4v) is 4.23. The van der Waals surface area contributed by atoms with Gasteiger partial charge in [0, 0.05) is 36.8 Å². The molecule has 3 aliphatic rings. The number of carbonyl (C=O) groups is 1. The van der Waals surface area contributed by atoms with Crippen molar-refractivity contribution in [3.63, 3.8) is 0 Å². The van der Waals surface area contributed by atoms with Gasteiger partial charge in [0.05, 0.1) is 11.7 Å². The van der Waals surface area contributed by atoms with Gasteiger partial charge in [-0.1, -0.05) is 12.1 Å². The molecule has 1 N–H and O–H groups in total. The molecular weight excluding hydrogens is 511 g/mol. The summed E-state index contributed by atoms with van der Waals surface area (Å²) in [7, 11) is 0. The topological polar surface area (TPSA) is 68.2 Å². The molecule has 0 aromatic heterocycles. The van der Waals surface area contributed by atoms with Gasteiger partial charge in [-0.25, -0.2) is 4.79 Å². The molecule has 2 aromatic carbocycles. The van der Waals surface area contributed by atoms with Crippen LogP contribution in [0.2, 0.25) is 0 Å². The molecule has 5 rings (SSSR count). The van der Waals surface area contributed by atoms with Crippen molar-refractivity contribution in [2.75, 3.05) is 26.2 Å². The van der Waals surface area contributed by atoms with Crippen molar-refractivity contribution in [2.45, 2.75) is 38.1 Å². The third kappa shape index (κ3) is 6.78. The van der Waals surface area contributed by atoms with Crippen molar-refractivity contribution in [1.29, 1.82) is 0 Å². The highest BCUT2D eigenvalue weighted by atomic mass is 35.5. The summed E-state index contributed by atoms with van der Waals surface area (Å²) in [6.07, 6.45) is 1.24. The van der Waals surface area contributed by atoms with Gasteiger partial charge < -0.3 is 19.3 Å². The maximum Gasteiger partial charge on any atom is 0.419 e. The Morgan fingerprint density at radius 1 is 1.16 bits per heavy atom. The first-order chi connectivity index (χ1) is 17.2. The number of carboxylic acids is 1. The predicted molar refractivity (Wildman–Crippen MR) is 133 cm³/mol. The molecule has 0 atom stereocenters. The molecule has 10 heteroatoms. The minimum Gasteiger partial charge on any atom is -0.490 e. The smallest absolute Gasteiger partial charge is 0.419 e. The highest BCUT2D eigenvalue weighted by molar-refractivity contribution is 5.86. The molecule has 198 valence electrons. The van der Waals surface area contributed by atoms with E-state index in [-0.39, 0.29) is 30.9 Å². The van der Waals surface area contributed by atoms with Crippen LogP contribution < -0.4 is 14.2 Å². The van der Waals surface area contributed by atoms with Crippen LogP contribution in [0.5, 0.6) is 17.2 Å². The van der Waals surface area contributed by atoms with Crippen molar-refractivity contribution in [3.8, 4) is 17.2 Å². The van der Waals surface area contributed by atoms with Crippen LogP contribution in [0.1, 0.15) is 36.0 Å². The van der Waals surface area contributed by atoms with E-state index in [1.54, 1.807) is 24.3 Å². The third-order valence-corrected chi connectivity index (χ3v) is 6.33. The second-order valence-corrected chi connectivity index (χ2v) is 9.24. The molecule has 1 aliphatic carbocycles. The second-order valence-electron chi connectivity index (χ2n) is 9.24. The number of hydrogen-bond donors (Lipinski definition) is 1. The predicted octanol–water partition coefficient (Wildman–Crippen LogP) is 5.74. The Labute approximate surface area is 218 Å². The minimum absolute atomic E-state index is 0. The van der Waals surface area contributed by atoms with Crippen LogP contribution >= 0.6 is 12.4 Å². The van der Waals surface area contributed by atoms with E-state index in [4.69, 9.17) is 19.3 Å². The summed E-state index contributed by atoms with van der Waals surface area (Å²) in [6, 6.07) is 9.39. The van der Waals surface area contributed by atoms with E-state index in [9.17, 15) is 18.0 Å². The van der Waals surface area contributed by atoms with Gasteiger partial charge in [0.25, 0.3) is 0 Å². The largest absolute Gasteiger partial charge is 0.490 e. The number of carboxylic acid groups (broad SMARTS) is 1. The Balaban J connectivity index is 0.00000320. The van der Waals surface area contributed by atoms with Gasteiger partial charge in [-0.05, 0) is 60.7 Å². The van der Waals surface area contributed by atoms with Gasteiger partial charge in [-0.2, -0.15) is 13.2 Å². The maximum atomic E-state index is 13.5. The summed E-state index contributed by atoms with van der Waals surface area (Å²) in [4.78, 5) is 13.2. The highest BCUT2D eigenvalue weighted by Crippen LogP contribution is 2.39. The molecule has 0 saturated heterocycles. The normalized spacial score (nSPS) is 17.5. The van der Waals surface area contributed by atoms with Crippen LogP contribution in [0.3, 0.4) is 0 Å². The molecule has 0 radical (unpaired) electrons. The molecule has 2 aliphatic heterocycles. The lowest BCUT2D eigenvalue weighted by molar-refractivity contribution is -0.139. The van der Waals surface area contributed by atoms with Crippen molar-refractivity contribution in [2.24, 2.45) is 0 Å². The van der Waals surface area contributed by atoms with E-state index >= 15 is 0 Å². The summed E-state index contributed by atoms with van der Waals surface area (Å²) in [5.74, 6) is 0.149. The molecule has 0 unspecified atom stereocenters. The van der Waals surface area contributed by atoms with Gasteiger partial charge in [0.2, 0.25) is 0 Å². The monoisotopic (exact) mass is 537 g/mol. The van der Waals surface area contributed by atoms with E-state index < -0.39 is 17.7 Å². The Morgan fingerprint density at radius 3 is 2.65 bits per heavy atom. The minimum atomic E-state index is -4.51. The summed E-state index contributed by atoms with van der Waals surface area (Å²) in [5.41, 5.74) is 2.04. The Morgan fingerprint density at radius 2 is 1.97 bits per heavy atom. The highest BCUT2D eigenvalue weighted by Gasteiger charge is 2.36. The van der Waals surface area contributed by atoms with Crippen LogP contribution in [0.4, 0.5) is 13.2 Å². The fraction of sp³-hybridized carbons (Fsp3) is 0.370. The Kier molecular flexibility index (Phi) is 8.04. The number of hydrogen-bond acceptors (Lipinski definition) is 5. The van der Waals surface area contributed by atoms with Crippen LogP contribution in [0.25, 0.3) is 6.08 Å². The Bertz CT molecular complexity index is 1220. The lowest BCUT2D eigenvalue weighted by Gasteiger charge is -2.27. The van der Waals surface area contributed by atoms with Crippen molar-refractivity contribution in [1.82, 2.24) is 4.90 Å². The zero-order chi connectivity index (χ0) is 25.3.